The molecule has 2 bridgehead atoms. The number of thiophene rings is 1. The maximum Gasteiger partial charge on any atom is 0.410 e. The second-order valence-corrected chi connectivity index (χ2v) is 15.7. The second kappa shape index (κ2) is 14.7. The van der Waals surface area contributed by atoms with Gasteiger partial charge in [-0.05, 0) is 86.6 Å². The molecule has 1 aromatic carbocycles. The van der Waals surface area contributed by atoms with E-state index in [0.29, 0.717) is 80.8 Å². The van der Waals surface area contributed by atoms with E-state index < -0.39 is 12.2 Å². The highest BCUT2D eigenvalue weighted by Crippen LogP contribution is 2.37. The average Bonchev–Trinajstić information content (AvgIpc) is 3.56. The predicted octanol–water partition coefficient (Wildman–Crippen LogP) is 4.92. The number of amides is 4. The lowest BCUT2D eigenvalue weighted by Crippen LogP contribution is -2.57. The summed E-state index contributed by atoms with van der Waals surface area (Å²) in [7, 11) is 2.27. The topological polar surface area (TPSA) is 115 Å². The molecule has 0 radical (unpaired) electrons. The van der Waals surface area contributed by atoms with Crippen LogP contribution in [0.4, 0.5) is 21.0 Å². The number of likely N-dealkylation sites (tertiary alicyclic amines) is 1. The Labute approximate surface area is 298 Å². The number of piperazine rings is 1. The van der Waals surface area contributed by atoms with Crippen LogP contribution in [0.2, 0.25) is 5.02 Å². The first-order valence-electron chi connectivity index (χ1n) is 18.1. The summed E-state index contributed by atoms with van der Waals surface area (Å²) in [6.07, 6.45) is 6.57. The summed E-state index contributed by atoms with van der Waals surface area (Å²) in [6, 6.07) is 5.63. The predicted molar refractivity (Wildman–Crippen MR) is 193 cm³/mol. The molecule has 6 heterocycles. The molecule has 5 aliphatic rings. The number of piperidine rings is 2. The highest BCUT2D eigenvalue weighted by atomic mass is 35.5. The standard InChI is InChI=1S/C36H50ClN7O4S/c1-3-24-16-23(17-30(37)33(24)38)18-32(34(45)42-14-12-41(13-15-42)29-19-27-4-5-28(20-29)40(27)2)48-36(47)43-9-7-26(8-10-43)44-11-6-25-21-49-22-31(25)39-35(44)46/h16-17,21-22,26-29,32H,3-15,18-20,38H2,1-2H3,(H,39,46)/t27?,28?,29?,32-/m1/s1. The van der Waals surface area contributed by atoms with Crippen LogP contribution in [-0.4, -0.2) is 126 Å². The van der Waals surface area contributed by atoms with E-state index in [1.54, 1.807) is 22.3 Å². The van der Waals surface area contributed by atoms with E-state index in [2.05, 4.69) is 27.5 Å². The minimum Gasteiger partial charge on any atom is -0.436 e. The zero-order chi connectivity index (χ0) is 34.2. The zero-order valence-electron chi connectivity index (χ0n) is 28.7. The largest absolute Gasteiger partial charge is 0.436 e. The van der Waals surface area contributed by atoms with Crippen LogP contribution in [0.1, 0.15) is 62.1 Å². The summed E-state index contributed by atoms with van der Waals surface area (Å²) in [4.78, 5) is 51.5. The Morgan fingerprint density at radius 3 is 2.37 bits per heavy atom. The Balaban J connectivity index is 0.991. The number of halogens is 1. The Morgan fingerprint density at radius 2 is 1.67 bits per heavy atom. The third kappa shape index (κ3) is 7.25. The molecule has 0 aliphatic carbocycles. The number of hydrogen-bond acceptors (Lipinski definition) is 8. The molecular weight excluding hydrogens is 662 g/mol. The lowest BCUT2D eigenvalue weighted by Gasteiger charge is -2.45. The van der Waals surface area contributed by atoms with Gasteiger partial charge in [-0.25, -0.2) is 9.59 Å². The van der Waals surface area contributed by atoms with Crippen molar-refractivity contribution in [3.8, 4) is 0 Å². The Morgan fingerprint density at radius 1 is 0.959 bits per heavy atom. The van der Waals surface area contributed by atoms with Crippen molar-refractivity contribution >= 4 is 52.3 Å². The van der Waals surface area contributed by atoms with Gasteiger partial charge in [0.1, 0.15) is 0 Å². The van der Waals surface area contributed by atoms with Gasteiger partial charge in [-0.1, -0.05) is 24.6 Å². The van der Waals surface area contributed by atoms with Crippen LogP contribution in [0.15, 0.2) is 22.9 Å². The third-order valence-corrected chi connectivity index (χ3v) is 12.9. The van der Waals surface area contributed by atoms with Gasteiger partial charge in [0.25, 0.3) is 5.91 Å². The third-order valence-electron chi connectivity index (χ3n) is 11.8. The summed E-state index contributed by atoms with van der Waals surface area (Å²) in [5, 5.41) is 7.57. The van der Waals surface area contributed by atoms with Gasteiger partial charge in [-0.3, -0.25) is 9.69 Å². The van der Waals surface area contributed by atoms with Crippen molar-refractivity contribution in [1.82, 2.24) is 24.5 Å². The number of rotatable bonds is 7. The molecule has 4 fully saturated rings. The van der Waals surface area contributed by atoms with Crippen molar-refractivity contribution < 1.29 is 19.1 Å². The smallest absolute Gasteiger partial charge is 0.410 e. The van der Waals surface area contributed by atoms with Crippen LogP contribution in [0.5, 0.6) is 0 Å². The van der Waals surface area contributed by atoms with Crippen LogP contribution >= 0.6 is 22.9 Å². The van der Waals surface area contributed by atoms with Gasteiger partial charge < -0.3 is 35.4 Å². The molecule has 2 unspecified atom stereocenters. The minimum absolute atomic E-state index is 0.0367. The molecular formula is C36H50ClN7O4S. The van der Waals surface area contributed by atoms with Crippen LogP contribution in [0, 0.1) is 0 Å². The van der Waals surface area contributed by atoms with Crippen molar-refractivity contribution in [3.05, 3.63) is 44.6 Å². The number of hydrogen-bond donors (Lipinski definition) is 2. The van der Waals surface area contributed by atoms with Gasteiger partial charge >= 0.3 is 12.1 Å². The number of urea groups is 1. The van der Waals surface area contributed by atoms with Crippen LogP contribution < -0.4 is 11.1 Å². The number of carbonyl (C=O) groups excluding carboxylic acids is 3. The molecule has 0 spiro atoms. The van der Waals surface area contributed by atoms with E-state index in [4.69, 9.17) is 22.1 Å². The van der Waals surface area contributed by atoms with E-state index in [0.717, 1.165) is 36.3 Å². The molecule has 4 saturated heterocycles. The number of nitrogens with zero attached hydrogens (tertiary/aromatic N) is 5. The van der Waals surface area contributed by atoms with E-state index >= 15 is 0 Å². The first-order chi connectivity index (χ1) is 23.7. The van der Waals surface area contributed by atoms with Crippen LogP contribution in [0.3, 0.4) is 0 Å². The van der Waals surface area contributed by atoms with Crippen molar-refractivity contribution in [2.24, 2.45) is 0 Å². The van der Waals surface area contributed by atoms with Gasteiger partial charge in [-0.2, -0.15) is 0 Å². The molecule has 49 heavy (non-hydrogen) atoms. The molecule has 7 rings (SSSR count). The summed E-state index contributed by atoms with van der Waals surface area (Å²) in [6.45, 7) is 6.48. The Kier molecular flexibility index (Phi) is 10.3. The molecule has 5 aliphatic heterocycles. The number of fused-ring (bicyclic) bond motifs is 3. The molecule has 3 atom stereocenters. The zero-order valence-corrected chi connectivity index (χ0v) is 30.3. The SMILES string of the molecule is CCc1cc(C[C@@H](OC(=O)N2CCC(N3CCc4cscc4NC3=O)CC2)C(=O)N2CCN(C3CC4CCC(C3)N4C)CC2)cc(Cl)c1N. The summed E-state index contributed by atoms with van der Waals surface area (Å²) in [5.41, 5.74) is 10.6. The second-order valence-electron chi connectivity index (χ2n) is 14.5. The molecule has 1 aromatic heterocycles. The fraction of sp³-hybridized carbons (Fsp3) is 0.639. The molecule has 3 N–H and O–H groups in total. The number of aryl methyl sites for hydroxylation is 1. The fourth-order valence-corrected chi connectivity index (χ4v) is 9.88. The highest BCUT2D eigenvalue weighted by molar-refractivity contribution is 7.08. The fourth-order valence-electron chi connectivity index (χ4n) is 8.79. The molecule has 2 aromatic rings. The first kappa shape index (κ1) is 34.4. The molecule has 11 nitrogen and oxygen atoms in total. The van der Waals surface area contributed by atoms with Crippen LogP contribution in [0.25, 0.3) is 0 Å². The van der Waals surface area contributed by atoms with Gasteiger partial charge in [0.05, 0.1) is 16.4 Å². The van der Waals surface area contributed by atoms with Crippen LogP contribution in [-0.2, 0) is 28.8 Å². The van der Waals surface area contributed by atoms with Gasteiger partial charge in [-0.15, -0.1) is 11.3 Å². The molecule has 13 heteroatoms. The Bertz CT molecular complexity index is 1520. The monoisotopic (exact) mass is 711 g/mol. The molecule has 266 valence electrons. The maximum absolute atomic E-state index is 14.2. The lowest BCUT2D eigenvalue weighted by molar-refractivity contribution is -0.143. The normalized spacial score (nSPS) is 25.9. The van der Waals surface area contributed by atoms with E-state index in [1.807, 2.05) is 28.2 Å². The number of benzene rings is 1. The molecule has 0 saturated carbocycles. The van der Waals surface area contributed by atoms with E-state index in [1.165, 1.54) is 31.2 Å². The number of nitrogen functional groups attached to an aromatic ring is 1. The van der Waals surface area contributed by atoms with Crippen molar-refractivity contribution in [2.75, 3.05) is 63.9 Å². The van der Waals surface area contributed by atoms with Crippen molar-refractivity contribution in [2.45, 2.75) is 95.0 Å². The van der Waals surface area contributed by atoms with Gasteiger partial charge in [0.15, 0.2) is 6.10 Å². The quantitative estimate of drug-likeness (QED) is 0.392. The minimum atomic E-state index is -0.976. The van der Waals surface area contributed by atoms with Crippen molar-refractivity contribution in [3.63, 3.8) is 0 Å². The van der Waals surface area contributed by atoms with Gasteiger partial charge in [0, 0.05) is 81.8 Å². The number of anilines is 2. The Hall–Kier alpha value is -3.06. The number of nitrogens with one attached hydrogen (secondary N) is 1. The highest BCUT2D eigenvalue weighted by Gasteiger charge is 2.42. The number of nitrogens with two attached hydrogens (primary N) is 1. The van der Waals surface area contributed by atoms with E-state index in [9.17, 15) is 14.4 Å². The summed E-state index contributed by atoms with van der Waals surface area (Å²) in [5.74, 6) is -0.161. The molecule has 4 amide bonds. The van der Waals surface area contributed by atoms with Crippen molar-refractivity contribution in [1.29, 1.82) is 0 Å². The summed E-state index contributed by atoms with van der Waals surface area (Å²) >= 11 is 8.10. The first-order valence-corrected chi connectivity index (χ1v) is 19.4. The van der Waals surface area contributed by atoms with Gasteiger partial charge in [0.2, 0.25) is 0 Å². The maximum atomic E-state index is 14.2. The lowest BCUT2D eigenvalue weighted by atomic mass is 9.96. The number of carbonyl (C=O) groups is 3. The number of ether oxygens (including phenoxy) is 1. The average molecular weight is 712 g/mol. The van der Waals surface area contributed by atoms with E-state index in [-0.39, 0.29) is 24.4 Å². The summed E-state index contributed by atoms with van der Waals surface area (Å²) < 4.78 is 6.11.